The second kappa shape index (κ2) is 12.8. The van der Waals surface area contributed by atoms with E-state index in [1.54, 1.807) is 62.8 Å². The van der Waals surface area contributed by atoms with Crippen molar-refractivity contribution in [2.75, 3.05) is 27.9 Å². The van der Waals surface area contributed by atoms with E-state index >= 15 is 0 Å². The first-order chi connectivity index (χ1) is 20.8. The summed E-state index contributed by atoms with van der Waals surface area (Å²) in [5.41, 5.74) is 3.01. The molecule has 11 heteroatoms. The van der Waals surface area contributed by atoms with Gasteiger partial charge in [-0.15, -0.1) is 0 Å². The third kappa shape index (κ3) is 6.19. The van der Waals surface area contributed by atoms with Gasteiger partial charge in [0.15, 0.2) is 0 Å². The highest BCUT2D eigenvalue weighted by Crippen LogP contribution is 2.45. The summed E-state index contributed by atoms with van der Waals surface area (Å²) in [7, 11) is 0.000871. The van der Waals surface area contributed by atoms with Crippen molar-refractivity contribution in [3.8, 4) is 17.2 Å². The Morgan fingerprint density at radius 3 is 1.93 bits per heavy atom. The molecular formula is C32H32N2O8S. The van der Waals surface area contributed by atoms with Gasteiger partial charge >= 0.3 is 5.69 Å². The molecule has 10 nitrogen and oxygen atoms in total. The first-order valence-corrected chi connectivity index (χ1v) is 15.0. The van der Waals surface area contributed by atoms with Crippen molar-refractivity contribution in [3.05, 3.63) is 123 Å². The smallest absolute Gasteiger partial charge is 0.318 e. The quantitative estimate of drug-likeness (QED) is 0.159. The SMILES string of the molecule is COc1ccc(CN(Cc2ccc(OC)cc2)S(=O)(=O)c2ccc(C3OCCc4ccccc43)c([N+](=O)[O-])c2OC)cc1. The lowest BCUT2D eigenvalue weighted by molar-refractivity contribution is -0.387. The number of rotatable bonds is 11. The molecule has 1 heterocycles. The summed E-state index contributed by atoms with van der Waals surface area (Å²) in [6, 6.07) is 24.5. The molecule has 0 fully saturated rings. The average Bonchev–Trinajstić information content (AvgIpc) is 3.04. The Morgan fingerprint density at radius 2 is 1.40 bits per heavy atom. The molecular weight excluding hydrogens is 572 g/mol. The van der Waals surface area contributed by atoms with Gasteiger partial charge in [-0.25, -0.2) is 8.42 Å². The number of nitro benzene ring substituents is 1. The van der Waals surface area contributed by atoms with E-state index in [1.165, 1.54) is 23.5 Å². The Hall–Kier alpha value is -4.45. The standard InChI is InChI=1S/C32H32N2O8S/c1-39-25-12-8-22(9-13-25)20-33(21-23-10-14-26(40-2)15-11-23)43(37,38)29-17-16-28(30(34(35)36)32(29)41-3)31-27-7-5-4-6-24(27)18-19-42-31/h4-17,31H,18-21H2,1-3H3. The minimum absolute atomic E-state index is 0.00380. The van der Waals surface area contributed by atoms with Crippen molar-refractivity contribution in [1.82, 2.24) is 4.31 Å². The first-order valence-electron chi connectivity index (χ1n) is 13.6. The predicted octanol–water partition coefficient (Wildman–Crippen LogP) is 5.67. The molecule has 0 amide bonds. The van der Waals surface area contributed by atoms with Crippen LogP contribution in [0.5, 0.6) is 17.2 Å². The molecule has 43 heavy (non-hydrogen) atoms. The number of hydrogen-bond acceptors (Lipinski definition) is 8. The highest BCUT2D eigenvalue weighted by Gasteiger charge is 2.38. The van der Waals surface area contributed by atoms with Gasteiger partial charge in [-0.2, -0.15) is 4.31 Å². The molecule has 0 aliphatic carbocycles. The molecule has 1 unspecified atom stereocenters. The van der Waals surface area contributed by atoms with Crippen molar-refractivity contribution in [1.29, 1.82) is 0 Å². The maximum atomic E-state index is 14.4. The van der Waals surface area contributed by atoms with Gasteiger partial charge in [0, 0.05) is 13.1 Å². The van der Waals surface area contributed by atoms with Crippen LogP contribution < -0.4 is 14.2 Å². The number of ether oxygens (including phenoxy) is 4. The molecule has 0 saturated carbocycles. The Kier molecular flexibility index (Phi) is 8.95. The van der Waals surface area contributed by atoms with Crippen LogP contribution in [0, 0.1) is 10.1 Å². The van der Waals surface area contributed by atoms with E-state index in [0.717, 1.165) is 11.1 Å². The molecule has 1 aliphatic rings. The zero-order chi connectivity index (χ0) is 30.6. The van der Waals surface area contributed by atoms with Gasteiger partial charge in [-0.3, -0.25) is 10.1 Å². The van der Waals surface area contributed by atoms with Crippen molar-refractivity contribution >= 4 is 15.7 Å². The number of nitrogens with zero attached hydrogens (tertiary/aromatic N) is 2. The summed E-state index contributed by atoms with van der Waals surface area (Å²) >= 11 is 0. The number of hydrogen-bond donors (Lipinski definition) is 0. The van der Waals surface area contributed by atoms with E-state index < -0.39 is 26.7 Å². The lowest BCUT2D eigenvalue weighted by Crippen LogP contribution is -2.31. The molecule has 0 aromatic heterocycles. The third-order valence-electron chi connectivity index (χ3n) is 7.44. The molecule has 0 saturated heterocycles. The van der Waals surface area contributed by atoms with Gasteiger partial charge in [0.25, 0.3) is 0 Å². The zero-order valence-electron chi connectivity index (χ0n) is 24.1. The molecule has 4 aromatic rings. The second-order valence-electron chi connectivity index (χ2n) is 9.96. The van der Waals surface area contributed by atoms with Gasteiger partial charge in [0.05, 0.1) is 38.4 Å². The fourth-order valence-electron chi connectivity index (χ4n) is 5.25. The van der Waals surface area contributed by atoms with Crippen LogP contribution in [-0.4, -0.2) is 45.6 Å². The maximum absolute atomic E-state index is 14.4. The van der Waals surface area contributed by atoms with Crippen molar-refractivity contribution in [2.24, 2.45) is 0 Å². The lowest BCUT2D eigenvalue weighted by atomic mass is 9.92. The van der Waals surface area contributed by atoms with E-state index in [-0.39, 0.29) is 29.3 Å². The van der Waals surface area contributed by atoms with Gasteiger partial charge < -0.3 is 18.9 Å². The number of benzene rings is 4. The van der Waals surface area contributed by atoms with Crippen LogP contribution in [0.1, 0.15) is 33.9 Å². The van der Waals surface area contributed by atoms with Crippen molar-refractivity contribution in [2.45, 2.75) is 30.5 Å². The first kappa shape index (κ1) is 30.0. The van der Waals surface area contributed by atoms with Gasteiger partial charge in [0.1, 0.15) is 22.5 Å². The molecule has 5 rings (SSSR count). The number of nitro groups is 1. The van der Waals surface area contributed by atoms with Crippen LogP contribution in [-0.2, 0) is 34.3 Å². The minimum Gasteiger partial charge on any atom is -0.497 e. The maximum Gasteiger partial charge on any atom is 0.318 e. The molecule has 1 atom stereocenters. The molecule has 1 aliphatic heterocycles. The van der Waals surface area contributed by atoms with E-state index in [4.69, 9.17) is 18.9 Å². The summed E-state index contributed by atoms with van der Waals surface area (Å²) in [4.78, 5) is 11.6. The third-order valence-corrected chi connectivity index (χ3v) is 9.26. The Balaban J connectivity index is 1.61. The Labute approximate surface area is 250 Å². The summed E-state index contributed by atoms with van der Waals surface area (Å²) in [5, 5.41) is 12.5. The number of fused-ring (bicyclic) bond motifs is 1. The fourth-order valence-corrected chi connectivity index (χ4v) is 6.82. The largest absolute Gasteiger partial charge is 0.497 e. The van der Waals surface area contributed by atoms with E-state index in [2.05, 4.69) is 0 Å². The average molecular weight is 605 g/mol. The van der Waals surface area contributed by atoms with Crippen LogP contribution in [0.3, 0.4) is 0 Å². The molecule has 224 valence electrons. The molecule has 0 radical (unpaired) electrons. The molecule has 0 N–H and O–H groups in total. The summed E-state index contributed by atoms with van der Waals surface area (Å²) in [6.07, 6.45) is -0.0684. The fraction of sp³-hybridized carbons (Fsp3) is 0.250. The highest BCUT2D eigenvalue weighted by molar-refractivity contribution is 7.89. The summed E-state index contributed by atoms with van der Waals surface area (Å²) < 4.78 is 52.0. The summed E-state index contributed by atoms with van der Waals surface area (Å²) in [6.45, 7) is 0.366. The minimum atomic E-state index is -4.34. The van der Waals surface area contributed by atoms with E-state index in [9.17, 15) is 18.5 Å². The van der Waals surface area contributed by atoms with E-state index in [1.807, 2.05) is 24.3 Å². The monoisotopic (exact) mass is 604 g/mol. The zero-order valence-corrected chi connectivity index (χ0v) is 24.9. The Morgan fingerprint density at radius 1 is 0.814 bits per heavy atom. The van der Waals surface area contributed by atoms with Crippen molar-refractivity contribution < 1.29 is 32.3 Å². The van der Waals surface area contributed by atoms with Gasteiger partial charge in [-0.05, 0) is 65.1 Å². The highest BCUT2D eigenvalue weighted by atomic mass is 32.2. The van der Waals surface area contributed by atoms with Crippen LogP contribution >= 0.6 is 0 Å². The second-order valence-corrected chi connectivity index (χ2v) is 11.9. The van der Waals surface area contributed by atoms with E-state index in [0.29, 0.717) is 35.7 Å². The van der Waals surface area contributed by atoms with Crippen molar-refractivity contribution in [3.63, 3.8) is 0 Å². The van der Waals surface area contributed by atoms with Crippen LogP contribution in [0.25, 0.3) is 0 Å². The normalized spacial score (nSPS) is 14.7. The molecule has 4 aromatic carbocycles. The van der Waals surface area contributed by atoms with Crippen LogP contribution in [0.4, 0.5) is 5.69 Å². The lowest BCUT2D eigenvalue weighted by Gasteiger charge is -2.27. The van der Waals surface area contributed by atoms with Gasteiger partial charge in [0.2, 0.25) is 15.8 Å². The summed E-state index contributed by atoms with van der Waals surface area (Å²) in [5.74, 6) is 0.920. The predicted molar refractivity (Wildman–Crippen MR) is 160 cm³/mol. The molecule has 0 bridgehead atoms. The number of methoxy groups -OCH3 is 3. The topological polar surface area (TPSA) is 117 Å². The van der Waals surface area contributed by atoms with Crippen LogP contribution in [0.15, 0.2) is 89.8 Å². The molecule has 0 spiro atoms. The number of sulfonamides is 1. The van der Waals surface area contributed by atoms with Gasteiger partial charge in [-0.1, -0.05) is 48.5 Å². The Bertz CT molecular complexity index is 1660. The van der Waals surface area contributed by atoms with Crippen LogP contribution in [0.2, 0.25) is 0 Å².